The van der Waals surface area contributed by atoms with Crippen molar-refractivity contribution >= 4 is 22.4 Å². The molecular formula is C16H16N4O3S. The van der Waals surface area contributed by atoms with Crippen molar-refractivity contribution in [2.45, 2.75) is 27.4 Å². The van der Waals surface area contributed by atoms with E-state index in [0.717, 1.165) is 16.3 Å². The molecular weight excluding hydrogens is 328 g/mol. The Morgan fingerprint density at radius 1 is 1.25 bits per heavy atom. The number of ether oxygens (including phenoxy) is 1. The molecule has 0 radical (unpaired) electrons. The molecule has 1 N–H and O–H groups in total. The van der Waals surface area contributed by atoms with Crippen molar-refractivity contribution in [1.29, 1.82) is 0 Å². The lowest BCUT2D eigenvalue weighted by Crippen LogP contribution is -2.13. The third-order valence-electron chi connectivity index (χ3n) is 3.43. The van der Waals surface area contributed by atoms with Crippen molar-refractivity contribution in [3.63, 3.8) is 0 Å². The van der Waals surface area contributed by atoms with Crippen LogP contribution in [-0.2, 0) is 6.61 Å². The van der Waals surface area contributed by atoms with Crippen LogP contribution in [0.15, 0.2) is 28.8 Å². The molecule has 0 saturated heterocycles. The van der Waals surface area contributed by atoms with Gasteiger partial charge in [-0.3, -0.25) is 10.1 Å². The smallest absolute Gasteiger partial charge is 0.261 e. The van der Waals surface area contributed by atoms with Gasteiger partial charge >= 0.3 is 0 Å². The minimum absolute atomic E-state index is 0.281. The van der Waals surface area contributed by atoms with Gasteiger partial charge in [-0.2, -0.15) is 0 Å². The first kappa shape index (κ1) is 16.1. The summed E-state index contributed by atoms with van der Waals surface area (Å²) in [5.41, 5.74) is 2.08. The van der Waals surface area contributed by atoms with Gasteiger partial charge in [0.2, 0.25) is 5.13 Å². The number of benzene rings is 1. The van der Waals surface area contributed by atoms with Crippen molar-refractivity contribution in [1.82, 2.24) is 15.4 Å². The maximum atomic E-state index is 12.5. The largest absolute Gasteiger partial charge is 0.488 e. The minimum atomic E-state index is -0.291. The monoisotopic (exact) mass is 344 g/mol. The predicted molar refractivity (Wildman–Crippen MR) is 89.4 cm³/mol. The van der Waals surface area contributed by atoms with Crippen molar-refractivity contribution < 1.29 is 14.1 Å². The molecule has 0 saturated carbocycles. The lowest BCUT2D eigenvalue weighted by Gasteiger charge is -2.10. The van der Waals surface area contributed by atoms with Crippen LogP contribution in [0.2, 0.25) is 0 Å². The van der Waals surface area contributed by atoms with E-state index in [4.69, 9.17) is 9.26 Å². The van der Waals surface area contributed by atoms with Crippen LogP contribution in [0, 0.1) is 20.8 Å². The summed E-state index contributed by atoms with van der Waals surface area (Å²) in [5, 5.41) is 15.6. The van der Waals surface area contributed by atoms with Gasteiger partial charge < -0.3 is 9.26 Å². The summed E-state index contributed by atoms with van der Waals surface area (Å²) in [4.78, 5) is 12.5. The molecule has 8 heteroatoms. The van der Waals surface area contributed by atoms with Gasteiger partial charge in [-0.05, 0) is 32.9 Å². The Morgan fingerprint density at radius 2 is 2.04 bits per heavy atom. The van der Waals surface area contributed by atoms with E-state index in [2.05, 4.69) is 20.7 Å². The van der Waals surface area contributed by atoms with Crippen molar-refractivity contribution in [2.75, 3.05) is 5.32 Å². The fourth-order valence-electron chi connectivity index (χ4n) is 2.15. The number of aryl methyl sites for hydroxylation is 3. The minimum Gasteiger partial charge on any atom is -0.488 e. The average Bonchev–Trinajstić information content (AvgIpc) is 3.11. The van der Waals surface area contributed by atoms with Gasteiger partial charge in [-0.15, -0.1) is 10.2 Å². The van der Waals surface area contributed by atoms with Crippen LogP contribution in [0.3, 0.4) is 0 Å². The predicted octanol–water partition coefficient (Wildman–Crippen LogP) is 3.28. The highest BCUT2D eigenvalue weighted by molar-refractivity contribution is 7.15. The second-order valence-electron chi connectivity index (χ2n) is 5.17. The second kappa shape index (κ2) is 6.79. The van der Waals surface area contributed by atoms with Crippen LogP contribution >= 0.6 is 11.3 Å². The number of hydrogen-bond donors (Lipinski definition) is 1. The molecule has 3 rings (SSSR count). The first-order chi connectivity index (χ1) is 11.5. The standard InChI is InChI=1S/C16H16N4O3S/c1-9-13(10(2)23-20-9)8-22-14-7-5-4-6-12(14)15(21)17-16-19-18-11(3)24-16/h4-7H,8H2,1-3H3,(H,17,19,21). The Morgan fingerprint density at radius 3 is 2.71 bits per heavy atom. The number of nitrogens with one attached hydrogen (secondary N) is 1. The zero-order valence-electron chi connectivity index (χ0n) is 13.5. The van der Waals surface area contributed by atoms with Crippen LogP contribution in [-0.4, -0.2) is 21.3 Å². The lowest BCUT2D eigenvalue weighted by molar-refractivity contribution is 0.102. The lowest BCUT2D eigenvalue weighted by atomic mass is 10.2. The van der Waals surface area contributed by atoms with Crippen molar-refractivity contribution in [3.05, 3.63) is 51.9 Å². The normalized spacial score (nSPS) is 10.6. The summed E-state index contributed by atoms with van der Waals surface area (Å²) < 4.78 is 10.9. The molecule has 2 aromatic heterocycles. The van der Waals surface area contributed by atoms with E-state index in [1.807, 2.05) is 26.8 Å². The fraction of sp³-hybridized carbons (Fsp3) is 0.250. The summed E-state index contributed by atoms with van der Waals surface area (Å²) in [6, 6.07) is 7.04. The average molecular weight is 344 g/mol. The summed E-state index contributed by atoms with van der Waals surface area (Å²) in [6.07, 6.45) is 0. The molecule has 0 fully saturated rings. The number of carbonyl (C=O) groups excluding carboxylic acids is 1. The zero-order chi connectivity index (χ0) is 17.1. The van der Waals surface area contributed by atoms with Gasteiger partial charge in [0.25, 0.3) is 5.91 Å². The molecule has 0 atom stereocenters. The molecule has 3 aromatic rings. The highest BCUT2D eigenvalue weighted by Crippen LogP contribution is 2.23. The first-order valence-electron chi connectivity index (χ1n) is 7.29. The summed E-state index contributed by atoms with van der Waals surface area (Å²) in [5.74, 6) is 0.899. The molecule has 0 bridgehead atoms. The molecule has 0 spiro atoms. The van der Waals surface area contributed by atoms with Gasteiger partial charge in [-0.25, -0.2) is 0 Å². The number of rotatable bonds is 5. The SMILES string of the molecule is Cc1nnc(NC(=O)c2ccccc2OCc2c(C)noc2C)s1. The topological polar surface area (TPSA) is 90.1 Å². The summed E-state index contributed by atoms with van der Waals surface area (Å²) >= 11 is 1.32. The van der Waals surface area contributed by atoms with E-state index < -0.39 is 0 Å². The quantitative estimate of drug-likeness (QED) is 0.764. The molecule has 1 amide bonds. The number of anilines is 1. The number of aromatic nitrogens is 3. The zero-order valence-corrected chi connectivity index (χ0v) is 14.3. The molecule has 0 aliphatic heterocycles. The Balaban J connectivity index is 1.76. The number of amides is 1. The van der Waals surface area contributed by atoms with Gasteiger partial charge in [-0.1, -0.05) is 28.6 Å². The number of hydrogen-bond acceptors (Lipinski definition) is 7. The van der Waals surface area contributed by atoms with E-state index in [1.165, 1.54) is 11.3 Å². The van der Waals surface area contributed by atoms with Gasteiger partial charge in [0.15, 0.2) is 0 Å². The Labute approximate surface area is 142 Å². The molecule has 1 aromatic carbocycles. The van der Waals surface area contributed by atoms with Gasteiger partial charge in [0.1, 0.15) is 23.1 Å². The van der Waals surface area contributed by atoms with Crippen LogP contribution in [0.25, 0.3) is 0 Å². The number of nitrogens with zero attached hydrogens (tertiary/aromatic N) is 3. The third-order valence-corrected chi connectivity index (χ3v) is 4.19. The number of carbonyl (C=O) groups is 1. The fourth-order valence-corrected chi connectivity index (χ4v) is 2.74. The van der Waals surface area contributed by atoms with Crippen molar-refractivity contribution in [3.8, 4) is 5.75 Å². The Bertz CT molecular complexity index is 852. The van der Waals surface area contributed by atoms with E-state index >= 15 is 0 Å². The van der Waals surface area contributed by atoms with Gasteiger partial charge in [0, 0.05) is 0 Å². The molecule has 124 valence electrons. The number of para-hydroxylation sites is 1. The van der Waals surface area contributed by atoms with E-state index in [1.54, 1.807) is 18.2 Å². The first-order valence-corrected chi connectivity index (χ1v) is 8.11. The second-order valence-corrected chi connectivity index (χ2v) is 6.35. The van der Waals surface area contributed by atoms with E-state index in [0.29, 0.717) is 22.2 Å². The van der Waals surface area contributed by atoms with Crippen LogP contribution in [0.4, 0.5) is 5.13 Å². The molecule has 24 heavy (non-hydrogen) atoms. The molecule has 0 aliphatic carbocycles. The van der Waals surface area contributed by atoms with E-state index in [-0.39, 0.29) is 12.5 Å². The summed E-state index contributed by atoms with van der Waals surface area (Å²) in [7, 11) is 0. The summed E-state index contributed by atoms with van der Waals surface area (Å²) in [6.45, 7) is 5.79. The highest BCUT2D eigenvalue weighted by Gasteiger charge is 2.16. The Kier molecular flexibility index (Phi) is 4.57. The van der Waals surface area contributed by atoms with E-state index in [9.17, 15) is 4.79 Å². The molecule has 7 nitrogen and oxygen atoms in total. The van der Waals surface area contributed by atoms with Crippen LogP contribution < -0.4 is 10.1 Å². The highest BCUT2D eigenvalue weighted by atomic mass is 32.1. The molecule has 0 unspecified atom stereocenters. The van der Waals surface area contributed by atoms with Crippen LogP contribution in [0.1, 0.15) is 32.4 Å². The molecule has 2 heterocycles. The maximum absolute atomic E-state index is 12.5. The third kappa shape index (κ3) is 3.43. The van der Waals surface area contributed by atoms with Gasteiger partial charge in [0.05, 0.1) is 16.8 Å². The van der Waals surface area contributed by atoms with Crippen molar-refractivity contribution in [2.24, 2.45) is 0 Å². The molecule has 0 aliphatic rings. The maximum Gasteiger partial charge on any atom is 0.261 e. The Hall–Kier alpha value is -2.74. The van der Waals surface area contributed by atoms with Crippen LogP contribution in [0.5, 0.6) is 5.75 Å².